The van der Waals surface area contributed by atoms with Gasteiger partial charge in [0.2, 0.25) is 0 Å². The summed E-state index contributed by atoms with van der Waals surface area (Å²) in [4.78, 5) is 37.3. The maximum atomic E-state index is 14.7. The van der Waals surface area contributed by atoms with Crippen LogP contribution in [0.25, 0.3) is 0 Å². The van der Waals surface area contributed by atoms with Crippen molar-refractivity contribution in [1.29, 1.82) is 0 Å². The monoisotopic (exact) mass is 415 g/mol. The second-order valence-corrected chi connectivity index (χ2v) is 8.88. The van der Waals surface area contributed by atoms with Crippen molar-refractivity contribution in [1.82, 2.24) is 0 Å². The van der Waals surface area contributed by atoms with Crippen molar-refractivity contribution in [2.24, 2.45) is 5.73 Å². The van der Waals surface area contributed by atoms with Crippen LogP contribution in [0.1, 0.15) is 6.42 Å². The highest BCUT2D eigenvalue weighted by molar-refractivity contribution is 7.91. The van der Waals surface area contributed by atoms with Gasteiger partial charge >= 0.3 is 17.7 Å². The number of ether oxygens (including phenoxy) is 1. The van der Waals surface area contributed by atoms with Gasteiger partial charge in [-0.1, -0.05) is 0 Å². The molecule has 2 fully saturated rings. The number of carboxylic acids is 1. The van der Waals surface area contributed by atoms with Crippen molar-refractivity contribution < 1.29 is 37.0 Å². The number of halogens is 1. The van der Waals surface area contributed by atoms with Crippen molar-refractivity contribution in [3.05, 3.63) is 24.0 Å². The first-order chi connectivity index (χ1) is 13.1. The van der Waals surface area contributed by atoms with Crippen LogP contribution in [0, 0.1) is 5.82 Å². The highest BCUT2D eigenvalue weighted by Gasteiger charge is 2.57. The number of carboxylic acid groups (broad SMARTS) is 1. The first kappa shape index (κ1) is 19.9. The second kappa shape index (κ2) is 6.93. The van der Waals surface area contributed by atoms with Gasteiger partial charge in [-0.15, -0.1) is 0 Å². The Kier molecular flexibility index (Phi) is 4.91. The van der Waals surface area contributed by atoms with Crippen molar-refractivity contribution in [2.45, 2.75) is 12.0 Å². The Balaban J connectivity index is 1.86. The van der Waals surface area contributed by atoms with Gasteiger partial charge in [-0.2, -0.15) is 0 Å². The molecule has 28 heavy (non-hydrogen) atoms. The zero-order valence-corrected chi connectivity index (χ0v) is 15.4. The number of anilines is 2. The Hall–Kier alpha value is -2.89. The fourth-order valence-corrected chi connectivity index (χ4v) is 4.44. The summed E-state index contributed by atoms with van der Waals surface area (Å²) in [5.41, 5.74) is 2.67. The second-order valence-electron chi connectivity index (χ2n) is 6.58. The van der Waals surface area contributed by atoms with Crippen LogP contribution in [0.15, 0.2) is 18.2 Å². The minimum Gasteiger partial charge on any atom is -0.478 e. The van der Waals surface area contributed by atoms with Crippen LogP contribution in [0.2, 0.25) is 0 Å². The number of sulfone groups is 1. The van der Waals surface area contributed by atoms with E-state index < -0.39 is 45.8 Å². The molecule has 2 aliphatic heterocycles. The fraction of sp³-hybridized carbons (Fsp3) is 0.438. The van der Waals surface area contributed by atoms with Crippen molar-refractivity contribution in [3.8, 4) is 0 Å². The van der Waals surface area contributed by atoms with Gasteiger partial charge in [0.05, 0.1) is 29.4 Å². The molecule has 0 aliphatic carbocycles. The fourth-order valence-electron chi connectivity index (χ4n) is 3.16. The van der Waals surface area contributed by atoms with E-state index in [2.05, 4.69) is 4.74 Å². The molecular formula is C16H18FN3O7S. The summed E-state index contributed by atoms with van der Waals surface area (Å²) in [6, 6.07) is 3.72. The van der Waals surface area contributed by atoms with Crippen LogP contribution in [0.3, 0.4) is 0 Å². The topological polar surface area (TPSA) is 147 Å². The molecule has 12 heteroatoms. The number of aliphatic carboxylic acids is 1. The molecule has 0 spiro atoms. The van der Waals surface area contributed by atoms with Gasteiger partial charge in [-0.05, 0) is 24.6 Å². The van der Waals surface area contributed by atoms with E-state index in [0.29, 0.717) is 13.0 Å². The van der Waals surface area contributed by atoms with E-state index in [1.807, 2.05) is 0 Å². The van der Waals surface area contributed by atoms with Gasteiger partial charge in [-0.3, -0.25) is 9.69 Å². The van der Waals surface area contributed by atoms with Crippen LogP contribution in [-0.2, 0) is 24.2 Å². The zero-order valence-electron chi connectivity index (χ0n) is 14.6. The standard InChI is InChI=1S/C16H18FN3O7S/c17-11-8-10(20-9-16(13(18)21,14(22)23)27-15(20)24)2-3-12(11)19-4-1-6-28(25,26)7-5-19/h2-3,8H,1,4-7,9H2,(H2,18,21)(H,22,23). The first-order valence-corrected chi connectivity index (χ1v) is 10.2. The molecule has 0 bridgehead atoms. The number of hydrogen-bond donors (Lipinski definition) is 2. The number of primary amides is 1. The van der Waals surface area contributed by atoms with E-state index in [-0.39, 0.29) is 29.4 Å². The molecule has 0 saturated carbocycles. The molecule has 1 atom stereocenters. The normalized spacial score (nSPS) is 24.5. The lowest BCUT2D eigenvalue weighted by atomic mass is 10.0. The number of carbonyl (C=O) groups excluding carboxylic acids is 2. The van der Waals surface area contributed by atoms with Crippen LogP contribution < -0.4 is 15.5 Å². The van der Waals surface area contributed by atoms with Gasteiger partial charge in [0.15, 0.2) is 9.84 Å². The van der Waals surface area contributed by atoms with Crippen LogP contribution in [0.5, 0.6) is 0 Å². The molecule has 3 N–H and O–H groups in total. The van der Waals surface area contributed by atoms with Crippen LogP contribution in [-0.4, -0.2) is 68.2 Å². The summed E-state index contributed by atoms with van der Waals surface area (Å²) in [6.07, 6.45) is -0.781. The number of nitrogens with zero attached hydrogens (tertiary/aromatic N) is 2. The molecular weight excluding hydrogens is 397 g/mol. The largest absolute Gasteiger partial charge is 0.478 e. The van der Waals surface area contributed by atoms with Crippen molar-refractivity contribution in [3.63, 3.8) is 0 Å². The van der Waals surface area contributed by atoms with Crippen LogP contribution in [0.4, 0.5) is 20.6 Å². The quantitative estimate of drug-likeness (QED) is 0.638. The molecule has 2 heterocycles. The van der Waals surface area contributed by atoms with E-state index >= 15 is 0 Å². The molecule has 1 aromatic carbocycles. The Morgan fingerprint density at radius 3 is 2.54 bits per heavy atom. The first-order valence-electron chi connectivity index (χ1n) is 8.34. The molecule has 1 unspecified atom stereocenters. The smallest absolute Gasteiger partial charge is 0.416 e. The summed E-state index contributed by atoms with van der Waals surface area (Å²) in [5, 5.41) is 9.22. The van der Waals surface area contributed by atoms with Crippen molar-refractivity contribution >= 4 is 39.2 Å². The summed E-state index contributed by atoms with van der Waals surface area (Å²) in [5.74, 6) is -3.85. The highest BCUT2D eigenvalue weighted by atomic mass is 32.2. The Labute approximate surface area is 159 Å². The average molecular weight is 415 g/mol. The maximum absolute atomic E-state index is 14.7. The lowest BCUT2D eigenvalue weighted by Gasteiger charge is -2.24. The third-order valence-corrected chi connectivity index (χ3v) is 6.46. The number of nitrogens with two attached hydrogens (primary N) is 1. The van der Waals surface area contributed by atoms with Crippen LogP contribution >= 0.6 is 0 Å². The van der Waals surface area contributed by atoms with Crippen molar-refractivity contribution in [2.75, 3.05) is 40.9 Å². The molecule has 10 nitrogen and oxygen atoms in total. The van der Waals surface area contributed by atoms with Gasteiger partial charge in [0, 0.05) is 13.1 Å². The maximum Gasteiger partial charge on any atom is 0.416 e. The molecule has 152 valence electrons. The Bertz CT molecular complexity index is 936. The predicted molar refractivity (Wildman–Crippen MR) is 95.3 cm³/mol. The number of benzene rings is 1. The molecule has 3 rings (SSSR count). The molecule has 2 saturated heterocycles. The Morgan fingerprint density at radius 2 is 1.96 bits per heavy atom. The predicted octanol–water partition coefficient (Wildman–Crippen LogP) is -0.284. The molecule has 0 aromatic heterocycles. The van der Waals surface area contributed by atoms with E-state index in [1.54, 1.807) is 4.90 Å². The average Bonchev–Trinajstić information content (AvgIpc) is 2.87. The third-order valence-electron chi connectivity index (χ3n) is 4.75. The summed E-state index contributed by atoms with van der Waals surface area (Å²) >= 11 is 0. The summed E-state index contributed by atoms with van der Waals surface area (Å²) in [7, 11) is -3.16. The van der Waals surface area contributed by atoms with E-state index in [0.717, 1.165) is 11.0 Å². The van der Waals surface area contributed by atoms with Gasteiger partial charge in [0.1, 0.15) is 5.82 Å². The number of carbonyl (C=O) groups is 3. The lowest BCUT2D eigenvalue weighted by Crippen LogP contribution is -2.53. The zero-order chi connectivity index (χ0) is 20.7. The van der Waals surface area contributed by atoms with E-state index in [1.165, 1.54) is 12.1 Å². The van der Waals surface area contributed by atoms with Gasteiger partial charge in [-0.25, -0.2) is 22.4 Å². The lowest BCUT2D eigenvalue weighted by molar-refractivity contribution is -0.160. The number of rotatable bonds is 4. The number of cyclic esters (lactones) is 1. The molecule has 0 radical (unpaired) electrons. The van der Waals surface area contributed by atoms with Gasteiger partial charge in [0.25, 0.3) is 5.91 Å². The summed E-state index contributed by atoms with van der Waals surface area (Å²) < 4.78 is 42.8. The third kappa shape index (κ3) is 3.46. The SMILES string of the molecule is NC(=O)C1(C(=O)O)CN(c2ccc(N3CCCS(=O)(=O)CC3)c(F)c2)C(=O)O1. The number of hydrogen-bond acceptors (Lipinski definition) is 7. The molecule has 2 aliphatic rings. The summed E-state index contributed by atoms with van der Waals surface area (Å²) in [6.45, 7) is -0.212. The van der Waals surface area contributed by atoms with Gasteiger partial charge < -0.3 is 20.5 Å². The molecule has 1 aromatic rings. The minimum atomic E-state index is -3.16. The number of amides is 2. The molecule has 2 amide bonds. The highest BCUT2D eigenvalue weighted by Crippen LogP contribution is 2.32. The minimum absolute atomic E-state index is 0.0157. The van der Waals surface area contributed by atoms with E-state index in [4.69, 9.17) is 5.73 Å². The Morgan fingerprint density at radius 1 is 1.25 bits per heavy atom. The van der Waals surface area contributed by atoms with E-state index in [9.17, 15) is 32.3 Å².